The van der Waals surface area contributed by atoms with E-state index < -0.39 is 6.17 Å². The molecule has 0 radical (unpaired) electrons. The van der Waals surface area contributed by atoms with E-state index in [1.54, 1.807) is 19.4 Å². The van der Waals surface area contributed by atoms with Gasteiger partial charge >= 0.3 is 0 Å². The molecule has 1 aliphatic rings. The van der Waals surface area contributed by atoms with Crippen molar-refractivity contribution in [3.05, 3.63) is 52.8 Å². The molecule has 3 aromatic rings. The van der Waals surface area contributed by atoms with Gasteiger partial charge in [-0.15, -0.1) is 0 Å². The minimum Gasteiger partial charge on any atom is -0.442 e. The molecule has 28 heavy (non-hydrogen) atoms. The van der Waals surface area contributed by atoms with Crippen LogP contribution in [0.1, 0.15) is 44.4 Å². The van der Waals surface area contributed by atoms with Gasteiger partial charge in [0.2, 0.25) is 0 Å². The number of imidazole rings is 1. The minimum absolute atomic E-state index is 0.237. The van der Waals surface area contributed by atoms with Crippen LogP contribution < -0.4 is 0 Å². The number of aromatic nitrogens is 3. The van der Waals surface area contributed by atoms with Gasteiger partial charge in [0.05, 0.1) is 29.8 Å². The van der Waals surface area contributed by atoms with Gasteiger partial charge in [-0.2, -0.15) is 0 Å². The van der Waals surface area contributed by atoms with Gasteiger partial charge in [0.1, 0.15) is 18.2 Å². The highest BCUT2D eigenvalue weighted by Gasteiger charge is 2.29. The lowest BCUT2D eigenvalue weighted by Gasteiger charge is -2.22. The largest absolute Gasteiger partial charge is 0.442 e. The van der Waals surface area contributed by atoms with Crippen molar-refractivity contribution in [3.63, 3.8) is 0 Å². The number of hydrogen-bond donors (Lipinski definition) is 0. The van der Waals surface area contributed by atoms with Crippen molar-refractivity contribution < 1.29 is 8.81 Å². The first kappa shape index (κ1) is 19.1. The Morgan fingerprint density at radius 3 is 2.93 bits per heavy atom. The van der Waals surface area contributed by atoms with Crippen LogP contribution in [0.4, 0.5) is 4.39 Å². The van der Waals surface area contributed by atoms with Crippen LogP contribution in [0.2, 0.25) is 0 Å². The van der Waals surface area contributed by atoms with E-state index in [-0.39, 0.29) is 5.92 Å². The lowest BCUT2D eigenvalue weighted by molar-refractivity contribution is 0.286. The maximum absolute atomic E-state index is 14.6. The zero-order chi connectivity index (χ0) is 19.7. The standard InChI is InChI=1S/C21H22BrFN4O/c1-3-4-5-15(13(2)23)20-16-8-14(22)6-7-17(16)27-11-26-21(18(27)9-25-20)19-10-24-12-28-19/h6-8,10-13,15H,3-5,9H2,1-2H3. The van der Waals surface area contributed by atoms with Gasteiger partial charge in [-0.3, -0.25) is 9.56 Å². The Bertz CT molecular complexity index is 994. The summed E-state index contributed by atoms with van der Waals surface area (Å²) >= 11 is 3.56. The van der Waals surface area contributed by atoms with Crippen molar-refractivity contribution >= 4 is 21.6 Å². The van der Waals surface area contributed by atoms with E-state index in [9.17, 15) is 4.39 Å². The zero-order valence-electron chi connectivity index (χ0n) is 15.9. The number of aliphatic imine (C=N–C) groups is 1. The van der Waals surface area contributed by atoms with Gasteiger partial charge in [-0.05, 0) is 31.5 Å². The van der Waals surface area contributed by atoms with Crippen LogP contribution in [-0.4, -0.2) is 26.4 Å². The summed E-state index contributed by atoms with van der Waals surface area (Å²) in [5.41, 5.74) is 4.35. The zero-order valence-corrected chi connectivity index (χ0v) is 17.5. The van der Waals surface area contributed by atoms with Crippen molar-refractivity contribution in [1.29, 1.82) is 0 Å². The summed E-state index contributed by atoms with van der Waals surface area (Å²) in [5.74, 6) is 0.367. The van der Waals surface area contributed by atoms with Crippen molar-refractivity contribution in [1.82, 2.24) is 14.5 Å². The van der Waals surface area contributed by atoms with Crippen LogP contribution in [0.5, 0.6) is 0 Å². The van der Waals surface area contributed by atoms with Crippen LogP contribution in [0.3, 0.4) is 0 Å². The molecule has 2 atom stereocenters. The molecule has 3 heterocycles. The van der Waals surface area contributed by atoms with E-state index in [1.807, 2.05) is 22.8 Å². The molecule has 0 bridgehead atoms. The summed E-state index contributed by atoms with van der Waals surface area (Å²) < 4.78 is 23.0. The molecule has 4 rings (SSSR count). The van der Waals surface area contributed by atoms with E-state index in [4.69, 9.17) is 9.41 Å². The molecule has 0 spiro atoms. The molecule has 5 nitrogen and oxygen atoms in total. The molecular weight excluding hydrogens is 423 g/mol. The maximum atomic E-state index is 14.6. The van der Waals surface area contributed by atoms with Crippen molar-refractivity contribution in [2.45, 2.75) is 45.8 Å². The number of halogens is 2. The minimum atomic E-state index is -0.971. The first-order valence-electron chi connectivity index (χ1n) is 9.54. The lowest BCUT2D eigenvalue weighted by Crippen LogP contribution is -2.25. The third kappa shape index (κ3) is 3.43. The smallest absolute Gasteiger partial charge is 0.181 e. The summed E-state index contributed by atoms with van der Waals surface area (Å²) in [4.78, 5) is 13.4. The summed E-state index contributed by atoms with van der Waals surface area (Å²) in [6.07, 6.45) is 6.62. The van der Waals surface area contributed by atoms with Gasteiger partial charge in [0, 0.05) is 16.0 Å². The Morgan fingerprint density at radius 1 is 1.36 bits per heavy atom. The molecule has 1 aromatic carbocycles. The fraction of sp³-hybridized carbons (Fsp3) is 0.381. The molecule has 1 aliphatic heterocycles. The second-order valence-corrected chi connectivity index (χ2v) is 7.98. The van der Waals surface area contributed by atoms with Crippen LogP contribution in [0.25, 0.3) is 17.1 Å². The number of hydrogen-bond acceptors (Lipinski definition) is 4. The van der Waals surface area contributed by atoms with Gasteiger partial charge in [0.15, 0.2) is 12.2 Å². The quantitative estimate of drug-likeness (QED) is 0.485. The van der Waals surface area contributed by atoms with Crippen LogP contribution in [0, 0.1) is 5.92 Å². The average molecular weight is 445 g/mol. The number of oxazole rings is 1. The van der Waals surface area contributed by atoms with E-state index in [0.717, 1.165) is 52.1 Å². The second kappa shape index (κ2) is 7.99. The molecule has 7 heteroatoms. The first-order valence-corrected chi connectivity index (χ1v) is 10.3. The molecule has 0 amide bonds. The summed E-state index contributed by atoms with van der Waals surface area (Å²) in [7, 11) is 0. The SMILES string of the molecule is CCCCC(C1=NCc2c(-c3cnco3)ncn2-c2ccc(Br)cc21)C(C)F. The molecule has 2 unspecified atom stereocenters. The Balaban J connectivity index is 1.87. The molecular formula is C21H22BrFN4O. The fourth-order valence-electron chi connectivity index (χ4n) is 3.76. The van der Waals surface area contributed by atoms with E-state index >= 15 is 0 Å². The van der Waals surface area contributed by atoms with Crippen LogP contribution in [-0.2, 0) is 6.54 Å². The lowest BCUT2D eigenvalue weighted by atomic mass is 9.88. The third-order valence-corrected chi connectivity index (χ3v) is 5.69. The number of rotatable bonds is 6. The topological polar surface area (TPSA) is 56.2 Å². The summed E-state index contributed by atoms with van der Waals surface area (Å²) in [6.45, 7) is 4.17. The fourth-order valence-corrected chi connectivity index (χ4v) is 4.13. The summed E-state index contributed by atoms with van der Waals surface area (Å²) in [5, 5.41) is 0. The van der Waals surface area contributed by atoms with E-state index in [2.05, 4.69) is 32.8 Å². The number of unbranched alkanes of at least 4 members (excludes halogenated alkanes) is 1. The van der Waals surface area contributed by atoms with E-state index in [0.29, 0.717) is 12.3 Å². The van der Waals surface area contributed by atoms with Crippen LogP contribution in [0.15, 0.2) is 51.0 Å². The monoisotopic (exact) mass is 444 g/mol. The molecule has 0 fully saturated rings. The van der Waals surface area contributed by atoms with Gasteiger partial charge in [-0.1, -0.05) is 35.7 Å². The molecule has 0 aliphatic carbocycles. The molecule has 0 saturated heterocycles. The molecule has 146 valence electrons. The number of alkyl halides is 1. The van der Waals surface area contributed by atoms with Crippen LogP contribution >= 0.6 is 15.9 Å². The maximum Gasteiger partial charge on any atom is 0.181 e. The predicted molar refractivity (Wildman–Crippen MR) is 111 cm³/mol. The Hall–Kier alpha value is -2.28. The van der Waals surface area contributed by atoms with Crippen molar-refractivity contribution in [2.75, 3.05) is 0 Å². The normalized spacial score (nSPS) is 15.4. The number of nitrogens with zero attached hydrogens (tertiary/aromatic N) is 4. The number of fused-ring (bicyclic) bond motifs is 3. The van der Waals surface area contributed by atoms with E-state index in [1.165, 1.54) is 6.39 Å². The Morgan fingerprint density at radius 2 is 2.21 bits per heavy atom. The second-order valence-electron chi connectivity index (χ2n) is 7.06. The van der Waals surface area contributed by atoms with Crippen molar-refractivity contribution in [2.24, 2.45) is 10.9 Å². The average Bonchev–Trinajstić information content (AvgIpc) is 3.31. The summed E-state index contributed by atoms with van der Waals surface area (Å²) in [6, 6.07) is 6.04. The first-order chi connectivity index (χ1) is 13.6. The van der Waals surface area contributed by atoms with Crippen molar-refractivity contribution in [3.8, 4) is 17.1 Å². The molecule has 0 N–H and O–H groups in total. The molecule has 0 saturated carbocycles. The highest BCUT2D eigenvalue weighted by atomic mass is 79.9. The van der Waals surface area contributed by atoms with Gasteiger partial charge in [-0.25, -0.2) is 14.4 Å². The number of benzene rings is 1. The predicted octanol–water partition coefficient (Wildman–Crippen LogP) is 5.76. The molecule has 2 aromatic heterocycles. The third-order valence-electron chi connectivity index (χ3n) is 5.20. The highest BCUT2D eigenvalue weighted by Crippen LogP contribution is 2.34. The Kier molecular flexibility index (Phi) is 5.44. The Labute approximate surface area is 171 Å². The highest BCUT2D eigenvalue weighted by molar-refractivity contribution is 9.10. The van der Waals surface area contributed by atoms with Gasteiger partial charge < -0.3 is 4.42 Å². The van der Waals surface area contributed by atoms with Gasteiger partial charge in [0.25, 0.3) is 0 Å².